The zero-order valence-electron chi connectivity index (χ0n) is 35.9. The lowest BCUT2D eigenvalue weighted by molar-refractivity contribution is 1.32. The van der Waals surface area contributed by atoms with Crippen LogP contribution in [0.2, 0.25) is 0 Å². The molecule has 0 saturated heterocycles. The summed E-state index contributed by atoms with van der Waals surface area (Å²) in [5.41, 5.74) is 19.0. The van der Waals surface area contributed by atoms with E-state index in [0.29, 0.717) is 0 Å². The number of aromatic nitrogens is 4. The Balaban J connectivity index is 1.04. The average molecular weight is 841 g/mol. The molecule has 0 radical (unpaired) electrons. The third-order valence-electron chi connectivity index (χ3n) is 12.7. The number of rotatable bonds is 8. The number of benzene rings is 8. The fourth-order valence-corrected chi connectivity index (χ4v) is 9.49. The van der Waals surface area contributed by atoms with Crippen LogP contribution in [0.5, 0.6) is 0 Å². The van der Waals surface area contributed by atoms with E-state index in [4.69, 9.17) is 19.9 Å². The first kappa shape index (κ1) is 38.8. The number of fused-ring (bicyclic) bond motifs is 6. The average Bonchev–Trinajstić information content (AvgIpc) is 3.41. The minimum absolute atomic E-state index is 0.903. The van der Waals surface area contributed by atoms with Gasteiger partial charge in [0.15, 0.2) is 0 Å². The first-order chi connectivity index (χ1) is 32.7. The number of nitrogens with zero attached hydrogens (tertiary/aromatic N) is 4. The summed E-state index contributed by atoms with van der Waals surface area (Å²) < 4.78 is 0. The summed E-state index contributed by atoms with van der Waals surface area (Å²) in [6.45, 7) is 0. The largest absolute Gasteiger partial charge is 0.256 e. The summed E-state index contributed by atoms with van der Waals surface area (Å²) in [4.78, 5) is 19.9. The molecule has 0 aliphatic heterocycles. The predicted molar refractivity (Wildman–Crippen MR) is 274 cm³/mol. The van der Waals surface area contributed by atoms with Crippen LogP contribution >= 0.6 is 0 Å². The second-order valence-electron chi connectivity index (χ2n) is 16.6. The van der Waals surface area contributed by atoms with Crippen molar-refractivity contribution in [2.45, 2.75) is 0 Å². The minimum Gasteiger partial charge on any atom is -0.256 e. The van der Waals surface area contributed by atoms with Gasteiger partial charge in [-0.05, 0) is 103 Å². The van der Waals surface area contributed by atoms with Crippen molar-refractivity contribution in [2.24, 2.45) is 0 Å². The molecular weight excluding hydrogens is 801 g/mol. The van der Waals surface area contributed by atoms with E-state index < -0.39 is 0 Å². The highest BCUT2D eigenvalue weighted by atomic mass is 14.7. The van der Waals surface area contributed by atoms with E-state index in [1.807, 2.05) is 43.0 Å². The molecule has 308 valence electrons. The van der Waals surface area contributed by atoms with E-state index >= 15 is 0 Å². The number of hydrogen-bond donors (Lipinski definition) is 0. The monoisotopic (exact) mass is 840 g/mol. The van der Waals surface area contributed by atoms with Gasteiger partial charge in [0.05, 0.1) is 22.4 Å². The van der Waals surface area contributed by atoms with Gasteiger partial charge in [0.25, 0.3) is 0 Å². The van der Waals surface area contributed by atoms with Crippen LogP contribution < -0.4 is 0 Å². The summed E-state index contributed by atoms with van der Waals surface area (Å²) >= 11 is 0. The molecule has 4 aromatic heterocycles. The van der Waals surface area contributed by atoms with Crippen LogP contribution in [0.15, 0.2) is 243 Å². The van der Waals surface area contributed by atoms with E-state index in [1.54, 1.807) is 0 Å². The van der Waals surface area contributed by atoms with Gasteiger partial charge in [-0.1, -0.05) is 176 Å². The van der Waals surface area contributed by atoms with Gasteiger partial charge in [-0.2, -0.15) is 0 Å². The highest BCUT2D eigenvalue weighted by Crippen LogP contribution is 2.43. The van der Waals surface area contributed by atoms with Gasteiger partial charge in [-0.3, -0.25) is 19.9 Å². The van der Waals surface area contributed by atoms with Crippen molar-refractivity contribution in [1.29, 1.82) is 0 Å². The molecule has 4 nitrogen and oxygen atoms in total. The van der Waals surface area contributed by atoms with E-state index in [1.165, 1.54) is 5.39 Å². The zero-order valence-corrected chi connectivity index (χ0v) is 35.9. The highest BCUT2D eigenvalue weighted by molar-refractivity contribution is 6.23. The van der Waals surface area contributed by atoms with Crippen LogP contribution in [-0.2, 0) is 0 Å². The van der Waals surface area contributed by atoms with Crippen LogP contribution in [0.1, 0.15) is 0 Å². The van der Waals surface area contributed by atoms with Crippen molar-refractivity contribution in [2.75, 3.05) is 0 Å². The standard InChI is InChI=1S/C62H40N4/c1-3-16-41(17-4-1)59-31-29-43(38-64-59)49-20-7-9-22-51(49)45-34-46(52-23-10-8-21-50(52)44-30-32-60(65-39-44)42-18-5-2-6-19-42)36-47(35-45)53-24-11-12-25-54(53)48-37-58-56-27-14-13-26-55(56)57-28-15-33-63-61(57)62(58)66-40-48/h1-40H. The van der Waals surface area contributed by atoms with Crippen LogP contribution in [-0.4, -0.2) is 19.9 Å². The third-order valence-corrected chi connectivity index (χ3v) is 12.7. The van der Waals surface area contributed by atoms with Crippen molar-refractivity contribution in [3.63, 3.8) is 0 Å². The summed E-state index contributed by atoms with van der Waals surface area (Å²) in [5.74, 6) is 0. The molecule has 0 spiro atoms. The SMILES string of the molecule is c1ccc(-c2ccc(-c3ccccc3-c3cc(-c4ccccc4-c4ccc(-c5ccccc5)nc4)cc(-c4ccccc4-c4cnc5c(c4)c4ccccc4c4cccnc45)c3)cn2)cc1. The van der Waals surface area contributed by atoms with Crippen molar-refractivity contribution in [1.82, 2.24) is 19.9 Å². The minimum atomic E-state index is 0.903. The summed E-state index contributed by atoms with van der Waals surface area (Å²) in [5, 5.41) is 4.52. The van der Waals surface area contributed by atoms with E-state index in [-0.39, 0.29) is 0 Å². The molecule has 0 fully saturated rings. The molecule has 0 amide bonds. The molecular formula is C62H40N4. The summed E-state index contributed by atoms with van der Waals surface area (Å²) in [6, 6.07) is 77.3. The first-order valence-corrected chi connectivity index (χ1v) is 22.3. The second kappa shape index (κ2) is 16.7. The molecule has 8 aromatic carbocycles. The maximum absolute atomic E-state index is 5.17. The van der Waals surface area contributed by atoms with Gasteiger partial charge in [-0.25, -0.2) is 0 Å². The Morgan fingerprint density at radius 3 is 1.06 bits per heavy atom. The van der Waals surface area contributed by atoms with Gasteiger partial charge < -0.3 is 0 Å². The Hall–Kier alpha value is -8.86. The Labute approximate surface area is 383 Å². The third kappa shape index (κ3) is 7.08. The normalized spacial score (nSPS) is 11.3. The molecule has 12 rings (SSSR count). The molecule has 0 N–H and O–H groups in total. The van der Waals surface area contributed by atoms with Gasteiger partial charge in [0.1, 0.15) is 0 Å². The lowest BCUT2D eigenvalue weighted by Crippen LogP contribution is -1.93. The predicted octanol–water partition coefficient (Wildman–Crippen LogP) is 16.1. The van der Waals surface area contributed by atoms with E-state index in [0.717, 1.165) is 116 Å². The lowest BCUT2D eigenvalue weighted by atomic mass is 9.86. The fourth-order valence-electron chi connectivity index (χ4n) is 9.49. The van der Waals surface area contributed by atoms with E-state index in [9.17, 15) is 0 Å². The molecule has 0 aliphatic carbocycles. The summed E-state index contributed by atoms with van der Waals surface area (Å²) in [6.07, 6.45) is 7.86. The highest BCUT2D eigenvalue weighted by Gasteiger charge is 2.18. The molecule has 0 atom stereocenters. The quantitative estimate of drug-likeness (QED) is 0.143. The van der Waals surface area contributed by atoms with Crippen molar-refractivity contribution in [3.8, 4) is 89.3 Å². The zero-order chi connectivity index (χ0) is 43.8. The van der Waals surface area contributed by atoms with Crippen LogP contribution in [0.25, 0.3) is 122 Å². The molecule has 4 heterocycles. The van der Waals surface area contributed by atoms with Crippen molar-refractivity contribution < 1.29 is 0 Å². The second-order valence-corrected chi connectivity index (χ2v) is 16.6. The molecule has 12 aromatic rings. The van der Waals surface area contributed by atoms with Crippen LogP contribution in [0.4, 0.5) is 0 Å². The van der Waals surface area contributed by atoms with E-state index in [2.05, 4.69) is 200 Å². The number of hydrogen-bond acceptors (Lipinski definition) is 4. The molecule has 0 saturated carbocycles. The smallest absolute Gasteiger partial charge is 0.0971 e. The topological polar surface area (TPSA) is 51.6 Å². The molecule has 0 bridgehead atoms. The van der Waals surface area contributed by atoms with Crippen molar-refractivity contribution in [3.05, 3.63) is 243 Å². The molecule has 66 heavy (non-hydrogen) atoms. The maximum Gasteiger partial charge on any atom is 0.0971 e. The Kier molecular flexibility index (Phi) is 9.81. The molecule has 0 aliphatic rings. The van der Waals surface area contributed by atoms with Gasteiger partial charge in [0.2, 0.25) is 0 Å². The Morgan fingerprint density at radius 1 is 0.212 bits per heavy atom. The van der Waals surface area contributed by atoms with Crippen LogP contribution in [0.3, 0.4) is 0 Å². The molecule has 4 heteroatoms. The lowest BCUT2D eigenvalue weighted by Gasteiger charge is -2.18. The van der Waals surface area contributed by atoms with Crippen LogP contribution in [0, 0.1) is 0 Å². The summed E-state index contributed by atoms with van der Waals surface area (Å²) in [7, 11) is 0. The van der Waals surface area contributed by atoms with Crippen molar-refractivity contribution >= 4 is 32.6 Å². The molecule has 0 unspecified atom stereocenters. The first-order valence-electron chi connectivity index (χ1n) is 22.3. The Bertz CT molecular complexity index is 3550. The fraction of sp³-hybridized carbons (Fsp3) is 0. The van der Waals surface area contributed by atoms with Gasteiger partial charge >= 0.3 is 0 Å². The van der Waals surface area contributed by atoms with Gasteiger partial charge in [0, 0.05) is 63.4 Å². The van der Waals surface area contributed by atoms with Gasteiger partial charge in [-0.15, -0.1) is 0 Å². The Morgan fingerprint density at radius 2 is 0.591 bits per heavy atom. The maximum atomic E-state index is 5.17. The number of pyridine rings is 4.